The van der Waals surface area contributed by atoms with Gasteiger partial charge in [0, 0.05) is 17.1 Å². The molecule has 0 bridgehead atoms. The fourth-order valence-corrected chi connectivity index (χ4v) is 6.01. The third-order valence-corrected chi connectivity index (χ3v) is 7.61. The van der Waals surface area contributed by atoms with Crippen LogP contribution in [0.3, 0.4) is 0 Å². The summed E-state index contributed by atoms with van der Waals surface area (Å²) in [5.74, 6) is 1.46. The number of nitrogens with two attached hydrogens (primary N) is 1. The molecule has 3 aliphatic carbocycles. The number of hydrogen-bond donors (Lipinski definition) is 2. The maximum atomic E-state index is 7.01. The van der Waals surface area contributed by atoms with Crippen molar-refractivity contribution >= 4 is 0 Å². The first-order valence-electron chi connectivity index (χ1n) is 10.6. The first-order chi connectivity index (χ1) is 11.1. The van der Waals surface area contributed by atoms with E-state index in [9.17, 15) is 0 Å². The second kappa shape index (κ2) is 7.44. The molecule has 0 aromatic carbocycles. The van der Waals surface area contributed by atoms with Crippen LogP contribution in [0.15, 0.2) is 0 Å². The Balaban J connectivity index is 1.75. The summed E-state index contributed by atoms with van der Waals surface area (Å²) in [6.45, 7) is 4.88. The summed E-state index contributed by atoms with van der Waals surface area (Å²) in [5.41, 5.74) is 7.53. The van der Waals surface area contributed by atoms with E-state index < -0.39 is 0 Å². The molecule has 0 radical (unpaired) electrons. The van der Waals surface area contributed by atoms with Gasteiger partial charge in [-0.05, 0) is 50.4 Å². The van der Waals surface area contributed by atoms with Gasteiger partial charge in [-0.1, -0.05) is 65.2 Å². The Kier molecular flexibility index (Phi) is 5.73. The molecule has 3 rings (SSSR count). The smallest absolute Gasteiger partial charge is 0.0207 e. The van der Waals surface area contributed by atoms with E-state index in [4.69, 9.17) is 5.73 Å². The number of nitrogens with one attached hydrogen (secondary N) is 1. The standard InChI is InChI=1S/C21H40N2/c1-17(2)21(15-9-4-10-16-21)23-19-12-6-5-11-18(19)20(22)13-7-3-8-14-20/h17-19,23H,3-16,22H2,1-2H3. The first kappa shape index (κ1) is 17.7. The molecular weight excluding hydrogens is 280 g/mol. The molecule has 0 aromatic rings. The molecule has 2 atom stereocenters. The highest BCUT2D eigenvalue weighted by molar-refractivity contribution is 5.04. The summed E-state index contributed by atoms with van der Waals surface area (Å²) in [6, 6.07) is 0.673. The molecule has 3 N–H and O–H groups in total. The zero-order valence-corrected chi connectivity index (χ0v) is 15.7. The van der Waals surface area contributed by atoms with Crippen molar-refractivity contribution in [3.05, 3.63) is 0 Å². The van der Waals surface area contributed by atoms with Crippen molar-refractivity contribution in [1.82, 2.24) is 5.32 Å². The molecule has 0 heterocycles. The molecule has 2 nitrogen and oxygen atoms in total. The Morgan fingerprint density at radius 3 is 1.96 bits per heavy atom. The van der Waals surface area contributed by atoms with Gasteiger partial charge < -0.3 is 11.1 Å². The van der Waals surface area contributed by atoms with E-state index in [-0.39, 0.29) is 5.54 Å². The van der Waals surface area contributed by atoms with Crippen molar-refractivity contribution in [2.75, 3.05) is 0 Å². The average Bonchev–Trinajstić information content (AvgIpc) is 2.57. The predicted octanol–water partition coefficient (Wildman–Crippen LogP) is 5.16. The summed E-state index contributed by atoms with van der Waals surface area (Å²) < 4.78 is 0. The Morgan fingerprint density at radius 1 is 0.783 bits per heavy atom. The summed E-state index contributed by atoms with van der Waals surface area (Å²) in [5, 5.41) is 4.26. The molecule has 0 spiro atoms. The molecule has 3 saturated carbocycles. The van der Waals surface area contributed by atoms with Gasteiger partial charge in [-0.2, -0.15) is 0 Å². The lowest BCUT2D eigenvalue weighted by molar-refractivity contribution is 0.0662. The maximum absolute atomic E-state index is 7.01. The van der Waals surface area contributed by atoms with E-state index in [2.05, 4.69) is 19.2 Å². The van der Waals surface area contributed by atoms with Gasteiger partial charge >= 0.3 is 0 Å². The maximum Gasteiger partial charge on any atom is 0.0207 e. The van der Waals surface area contributed by atoms with Crippen molar-refractivity contribution in [3.8, 4) is 0 Å². The third-order valence-electron chi connectivity index (χ3n) is 7.61. The van der Waals surface area contributed by atoms with Gasteiger partial charge in [0.1, 0.15) is 0 Å². The molecule has 2 unspecified atom stereocenters. The van der Waals surface area contributed by atoms with Crippen LogP contribution in [0.2, 0.25) is 0 Å². The zero-order valence-electron chi connectivity index (χ0n) is 15.7. The van der Waals surface area contributed by atoms with Crippen LogP contribution in [-0.2, 0) is 0 Å². The molecule has 134 valence electrons. The lowest BCUT2D eigenvalue weighted by Crippen LogP contribution is -2.63. The van der Waals surface area contributed by atoms with E-state index in [1.54, 1.807) is 0 Å². The molecule has 23 heavy (non-hydrogen) atoms. The van der Waals surface area contributed by atoms with Crippen LogP contribution in [-0.4, -0.2) is 17.1 Å². The third kappa shape index (κ3) is 3.79. The van der Waals surface area contributed by atoms with E-state index in [1.807, 2.05) is 0 Å². The summed E-state index contributed by atoms with van der Waals surface area (Å²) in [7, 11) is 0. The SMILES string of the molecule is CC(C)C1(NC2CCCCC2C2(N)CCCCC2)CCCCC1. The monoisotopic (exact) mass is 320 g/mol. The van der Waals surface area contributed by atoms with E-state index in [0.717, 1.165) is 5.92 Å². The summed E-state index contributed by atoms with van der Waals surface area (Å²) >= 11 is 0. The van der Waals surface area contributed by atoms with Crippen molar-refractivity contribution < 1.29 is 0 Å². The van der Waals surface area contributed by atoms with Gasteiger partial charge in [-0.15, -0.1) is 0 Å². The molecule has 3 aliphatic rings. The topological polar surface area (TPSA) is 38.0 Å². The zero-order chi connectivity index (χ0) is 16.3. The van der Waals surface area contributed by atoms with Crippen molar-refractivity contribution in [3.63, 3.8) is 0 Å². The average molecular weight is 321 g/mol. The Labute approximate surface area is 144 Å². The highest BCUT2D eigenvalue weighted by Crippen LogP contribution is 2.43. The predicted molar refractivity (Wildman–Crippen MR) is 99.5 cm³/mol. The Morgan fingerprint density at radius 2 is 1.35 bits per heavy atom. The largest absolute Gasteiger partial charge is 0.325 e. The van der Waals surface area contributed by atoms with Gasteiger partial charge in [-0.3, -0.25) is 0 Å². The minimum absolute atomic E-state index is 0.128. The number of hydrogen-bond acceptors (Lipinski definition) is 2. The molecule has 0 amide bonds. The second-order valence-electron chi connectivity index (χ2n) is 9.31. The van der Waals surface area contributed by atoms with Crippen LogP contribution in [0, 0.1) is 11.8 Å². The van der Waals surface area contributed by atoms with Crippen LogP contribution in [0.5, 0.6) is 0 Å². The van der Waals surface area contributed by atoms with Crippen LogP contribution in [0.25, 0.3) is 0 Å². The molecule has 0 aliphatic heterocycles. The van der Waals surface area contributed by atoms with Crippen LogP contribution in [0.1, 0.15) is 104 Å². The molecule has 2 heteroatoms. The normalized spacial score (nSPS) is 34.4. The van der Waals surface area contributed by atoms with Crippen molar-refractivity contribution in [1.29, 1.82) is 0 Å². The van der Waals surface area contributed by atoms with Gasteiger partial charge in [0.2, 0.25) is 0 Å². The van der Waals surface area contributed by atoms with E-state index >= 15 is 0 Å². The fraction of sp³-hybridized carbons (Fsp3) is 1.00. The minimum Gasteiger partial charge on any atom is -0.325 e. The van der Waals surface area contributed by atoms with Crippen LogP contribution in [0.4, 0.5) is 0 Å². The lowest BCUT2D eigenvalue weighted by Gasteiger charge is -2.52. The van der Waals surface area contributed by atoms with Crippen LogP contribution < -0.4 is 11.1 Å². The lowest BCUT2D eigenvalue weighted by atomic mass is 9.64. The summed E-state index contributed by atoms with van der Waals surface area (Å²) in [4.78, 5) is 0. The highest BCUT2D eigenvalue weighted by Gasteiger charge is 2.45. The van der Waals surface area contributed by atoms with Crippen LogP contribution >= 0.6 is 0 Å². The minimum atomic E-state index is 0.128. The van der Waals surface area contributed by atoms with Gasteiger partial charge in [0.05, 0.1) is 0 Å². The van der Waals surface area contributed by atoms with Crippen molar-refractivity contribution in [2.45, 2.75) is 121 Å². The van der Waals surface area contributed by atoms with E-state index in [1.165, 1.54) is 89.9 Å². The molecular formula is C21H40N2. The fourth-order valence-electron chi connectivity index (χ4n) is 6.01. The molecule has 0 saturated heterocycles. The molecule has 0 aromatic heterocycles. The van der Waals surface area contributed by atoms with Gasteiger partial charge in [0.25, 0.3) is 0 Å². The van der Waals surface area contributed by atoms with Crippen molar-refractivity contribution in [2.24, 2.45) is 17.6 Å². The molecule has 3 fully saturated rings. The van der Waals surface area contributed by atoms with Gasteiger partial charge in [0.15, 0.2) is 0 Å². The number of rotatable bonds is 4. The van der Waals surface area contributed by atoms with Gasteiger partial charge in [-0.25, -0.2) is 0 Å². The Bertz CT molecular complexity index is 364. The Hall–Kier alpha value is -0.0800. The van der Waals surface area contributed by atoms with E-state index in [0.29, 0.717) is 17.5 Å². The first-order valence-corrected chi connectivity index (χ1v) is 10.6. The summed E-state index contributed by atoms with van der Waals surface area (Å²) in [6.07, 6.45) is 19.2. The highest BCUT2D eigenvalue weighted by atomic mass is 15.0. The second-order valence-corrected chi connectivity index (χ2v) is 9.31. The quantitative estimate of drug-likeness (QED) is 0.751.